The highest BCUT2D eigenvalue weighted by atomic mass is 16.2. The molecule has 10 heavy (non-hydrogen) atoms. The van der Waals surface area contributed by atoms with E-state index in [1.54, 1.807) is 11.9 Å². The lowest BCUT2D eigenvalue weighted by molar-refractivity contribution is -0.129. The molecule has 0 aromatic carbocycles. The molecule has 3 heteroatoms. The lowest BCUT2D eigenvalue weighted by Crippen LogP contribution is -2.35. The Morgan fingerprint density at radius 3 is 2.50 bits per heavy atom. The molecule has 1 heterocycles. The van der Waals surface area contributed by atoms with Crippen molar-refractivity contribution in [2.75, 3.05) is 13.6 Å². The number of Topliss-reactive ketones (excluding diaryl/α,β-unsaturated/α-hetero) is 2. The second-order valence-electron chi connectivity index (χ2n) is 2.71. The van der Waals surface area contributed by atoms with Crippen LogP contribution in [0, 0.1) is 0 Å². The summed E-state index contributed by atoms with van der Waals surface area (Å²) in [5.74, 6) is 0.0278. The smallest absolute Gasteiger partial charge is 0.158 e. The third-order valence-corrected chi connectivity index (χ3v) is 1.84. The number of likely N-dealkylation sites (tertiary alicyclic amines) is 1. The number of hydrogen-bond donors (Lipinski definition) is 0. The van der Waals surface area contributed by atoms with Gasteiger partial charge in [0.25, 0.3) is 0 Å². The van der Waals surface area contributed by atoms with Crippen molar-refractivity contribution in [2.24, 2.45) is 0 Å². The molecule has 0 N–H and O–H groups in total. The lowest BCUT2D eigenvalue weighted by Gasteiger charge is -2.13. The van der Waals surface area contributed by atoms with Crippen molar-refractivity contribution in [3.63, 3.8) is 0 Å². The van der Waals surface area contributed by atoms with E-state index in [9.17, 15) is 9.59 Å². The van der Waals surface area contributed by atoms with Gasteiger partial charge < -0.3 is 0 Å². The van der Waals surface area contributed by atoms with Gasteiger partial charge in [-0.1, -0.05) is 0 Å². The van der Waals surface area contributed by atoms with Crippen LogP contribution in [0.1, 0.15) is 13.3 Å². The van der Waals surface area contributed by atoms with E-state index in [1.807, 2.05) is 0 Å². The quantitative estimate of drug-likeness (QED) is 0.476. The second kappa shape index (κ2) is 2.50. The van der Waals surface area contributed by atoms with Gasteiger partial charge in [0.15, 0.2) is 11.6 Å². The van der Waals surface area contributed by atoms with Gasteiger partial charge in [0, 0.05) is 13.0 Å². The molecule has 0 amide bonds. The average molecular weight is 141 g/mol. The lowest BCUT2D eigenvalue weighted by atomic mass is 10.1. The largest absolute Gasteiger partial charge is 0.298 e. The van der Waals surface area contributed by atoms with Crippen LogP contribution in [0.25, 0.3) is 0 Å². The van der Waals surface area contributed by atoms with E-state index in [0.717, 1.165) is 6.54 Å². The number of carbonyl (C=O) groups excluding carboxylic acids is 2. The van der Waals surface area contributed by atoms with Crippen molar-refractivity contribution in [1.82, 2.24) is 4.90 Å². The fourth-order valence-corrected chi connectivity index (χ4v) is 1.34. The molecule has 1 aliphatic heterocycles. The summed E-state index contributed by atoms with van der Waals surface area (Å²) in [6.07, 6.45) is 0.529. The number of rotatable bonds is 1. The van der Waals surface area contributed by atoms with Gasteiger partial charge in [0.1, 0.15) is 6.04 Å². The molecule has 0 saturated carbocycles. The molecule has 1 fully saturated rings. The fourth-order valence-electron chi connectivity index (χ4n) is 1.34. The van der Waals surface area contributed by atoms with Crippen LogP contribution >= 0.6 is 0 Å². The van der Waals surface area contributed by atoms with Gasteiger partial charge in [-0.05, 0) is 14.0 Å². The van der Waals surface area contributed by atoms with E-state index < -0.39 is 6.04 Å². The molecule has 1 unspecified atom stereocenters. The molecule has 0 aromatic heterocycles. The Kier molecular flexibility index (Phi) is 1.85. The van der Waals surface area contributed by atoms with E-state index in [-0.39, 0.29) is 11.6 Å². The van der Waals surface area contributed by atoms with Crippen LogP contribution in [0.3, 0.4) is 0 Å². The van der Waals surface area contributed by atoms with Crippen LogP contribution in [-0.2, 0) is 9.59 Å². The predicted molar refractivity (Wildman–Crippen MR) is 36.7 cm³/mol. The standard InChI is InChI=1S/C7H11NO2/c1-5(9)7-6(10)3-4-8(7)2/h7H,3-4H2,1-2H3. The number of ketones is 2. The molecule has 0 spiro atoms. The van der Waals surface area contributed by atoms with Crippen molar-refractivity contribution in [1.29, 1.82) is 0 Å². The molecule has 1 aliphatic rings. The monoisotopic (exact) mass is 141 g/mol. The Morgan fingerprint density at radius 1 is 1.70 bits per heavy atom. The summed E-state index contributed by atoms with van der Waals surface area (Å²) in [4.78, 5) is 23.6. The predicted octanol–water partition coefficient (Wildman–Crippen LogP) is -0.151. The molecule has 56 valence electrons. The van der Waals surface area contributed by atoms with Gasteiger partial charge in [-0.2, -0.15) is 0 Å². The van der Waals surface area contributed by atoms with E-state index in [1.165, 1.54) is 6.92 Å². The number of likely N-dealkylation sites (N-methyl/N-ethyl adjacent to an activating group) is 1. The average Bonchev–Trinajstić information content (AvgIpc) is 2.11. The third kappa shape index (κ3) is 1.09. The van der Waals surface area contributed by atoms with Gasteiger partial charge in [0.05, 0.1) is 0 Å². The molecule has 1 rings (SSSR count). The first kappa shape index (κ1) is 7.41. The zero-order valence-corrected chi connectivity index (χ0v) is 6.26. The van der Waals surface area contributed by atoms with Gasteiger partial charge in [-0.25, -0.2) is 0 Å². The van der Waals surface area contributed by atoms with Crippen LogP contribution < -0.4 is 0 Å². The zero-order valence-electron chi connectivity index (χ0n) is 6.26. The summed E-state index contributed by atoms with van der Waals surface area (Å²) in [6.45, 7) is 2.19. The minimum absolute atomic E-state index is 0.0370. The molecule has 0 aliphatic carbocycles. The number of nitrogens with zero attached hydrogens (tertiary/aromatic N) is 1. The highest BCUT2D eigenvalue weighted by Gasteiger charge is 2.32. The van der Waals surface area contributed by atoms with Crippen LogP contribution in [0.15, 0.2) is 0 Å². The van der Waals surface area contributed by atoms with Crippen molar-refractivity contribution in [3.05, 3.63) is 0 Å². The summed E-state index contributed by atoms with van der Waals surface area (Å²) in [5.41, 5.74) is 0. The highest BCUT2D eigenvalue weighted by molar-refractivity contribution is 6.06. The maximum absolute atomic E-state index is 11.0. The van der Waals surface area contributed by atoms with Gasteiger partial charge in [-0.3, -0.25) is 14.5 Å². The van der Waals surface area contributed by atoms with E-state index in [2.05, 4.69) is 0 Å². The Morgan fingerprint density at radius 2 is 2.30 bits per heavy atom. The van der Waals surface area contributed by atoms with Crippen LogP contribution in [-0.4, -0.2) is 36.1 Å². The van der Waals surface area contributed by atoms with E-state index in [4.69, 9.17) is 0 Å². The van der Waals surface area contributed by atoms with E-state index in [0.29, 0.717) is 6.42 Å². The number of hydrogen-bond acceptors (Lipinski definition) is 3. The van der Waals surface area contributed by atoms with E-state index >= 15 is 0 Å². The first-order valence-electron chi connectivity index (χ1n) is 3.36. The Hall–Kier alpha value is -0.700. The highest BCUT2D eigenvalue weighted by Crippen LogP contribution is 2.11. The Bertz CT molecular complexity index is 176. The minimum atomic E-state index is -0.444. The van der Waals surface area contributed by atoms with Crippen molar-refractivity contribution < 1.29 is 9.59 Å². The minimum Gasteiger partial charge on any atom is -0.298 e. The van der Waals surface area contributed by atoms with Gasteiger partial charge >= 0.3 is 0 Å². The second-order valence-corrected chi connectivity index (χ2v) is 2.71. The summed E-state index contributed by atoms with van der Waals surface area (Å²) in [7, 11) is 1.80. The zero-order chi connectivity index (χ0) is 7.72. The molecule has 0 bridgehead atoms. The SMILES string of the molecule is CC(=O)C1C(=O)CCN1C. The molecular formula is C7H11NO2. The maximum atomic E-state index is 11.0. The number of carbonyl (C=O) groups is 2. The molecule has 0 aromatic rings. The first-order valence-corrected chi connectivity index (χ1v) is 3.36. The maximum Gasteiger partial charge on any atom is 0.158 e. The summed E-state index contributed by atoms with van der Waals surface area (Å²) < 4.78 is 0. The fraction of sp³-hybridized carbons (Fsp3) is 0.714. The molecule has 1 atom stereocenters. The van der Waals surface area contributed by atoms with Gasteiger partial charge in [0.2, 0.25) is 0 Å². The topological polar surface area (TPSA) is 37.4 Å². The first-order chi connectivity index (χ1) is 4.63. The van der Waals surface area contributed by atoms with Crippen molar-refractivity contribution >= 4 is 11.6 Å². The van der Waals surface area contributed by atoms with Crippen molar-refractivity contribution in [3.8, 4) is 0 Å². The summed E-state index contributed by atoms with van der Waals surface area (Å²) in [6, 6.07) is -0.444. The molecule has 3 nitrogen and oxygen atoms in total. The summed E-state index contributed by atoms with van der Waals surface area (Å²) in [5, 5.41) is 0. The third-order valence-electron chi connectivity index (χ3n) is 1.84. The Balaban J connectivity index is 2.72. The normalized spacial score (nSPS) is 27.4. The molecule has 1 saturated heterocycles. The Labute approximate surface area is 60.0 Å². The van der Waals surface area contributed by atoms with Crippen LogP contribution in [0.5, 0.6) is 0 Å². The summed E-state index contributed by atoms with van der Waals surface area (Å²) >= 11 is 0. The molecular weight excluding hydrogens is 130 g/mol. The van der Waals surface area contributed by atoms with Crippen LogP contribution in [0.2, 0.25) is 0 Å². The van der Waals surface area contributed by atoms with Crippen LogP contribution in [0.4, 0.5) is 0 Å². The van der Waals surface area contributed by atoms with Crippen molar-refractivity contribution in [2.45, 2.75) is 19.4 Å². The van der Waals surface area contributed by atoms with Gasteiger partial charge in [-0.15, -0.1) is 0 Å². The molecule has 0 radical (unpaired) electrons.